The monoisotopic (exact) mass is 290 g/mol. The Bertz CT molecular complexity index is 489. The van der Waals surface area contributed by atoms with Gasteiger partial charge in [0.2, 0.25) is 0 Å². The van der Waals surface area contributed by atoms with Crippen LogP contribution in [0.2, 0.25) is 0 Å². The van der Waals surface area contributed by atoms with Crippen molar-refractivity contribution in [2.75, 3.05) is 6.54 Å². The van der Waals surface area contributed by atoms with E-state index < -0.39 is 24.5 Å². The Balaban J connectivity index is 2.40. The predicted molar refractivity (Wildman–Crippen MR) is 63.4 cm³/mol. The smallest absolute Gasteiger partial charge is 0.389 e. The van der Waals surface area contributed by atoms with Crippen LogP contribution in [-0.2, 0) is 0 Å². The van der Waals surface area contributed by atoms with E-state index in [1.807, 2.05) is 0 Å². The van der Waals surface area contributed by atoms with Crippen molar-refractivity contribution in [3.05, 3.63) is 29.6 Å². The molecule has 0 fully saturated rings. The number of alkyl halides is 3. The van der Waals surface area contributed by atoms with Gasteiger partial charge in [-0.3, -0.25) is 4.79 Å². The van der Waals surface area contributed by atoms with Crippen LogP contribution in [0.1, 0.15) is 40.2 Å². The van der Waals surface area contributed by atoms with E-state index in [4.69, 9.17) is 5.11 Å². The van der Waals surface area contributed by atoms with Gasteiger partial charge in [-0.2, -0.15) is 13.2 Å². The molecule has 0 spiro atoms. The highest BCUT2D eigenvalue weighted by Crippen LogP contribution is 2.21. The van der Waals surface area contributed by atoms with Crippen molar-refractivity contribution in [2.24, 2.45) is 0 Å². The summed E-state index contributed by atoms with van der Waals surface area (Å²) in [6.07, 6.45) is -4.98. The van der Waals surface area contributed by atoms with Gasteiger partial charge in [-0.05, 0) is 25.0 Å². The number of carbonyl (C=O) groups excluding carboxylic acids is 1. The molecule has 0 aliphatic carbocycles. The summed E-state index contributed by atoms with van der Waals surface area (Å²) in [6, 6.07) is 3.94. The number of carboxylic acid groups (broad SMARTS) is 1. The zero-order valence-electron chi connectivity index (χ0n) is 10.4. The summed E-state index contributed by atoms with van der Waals surface area (Å²) in [5.74, 6) is -1.87. The third-order valence-corrected chi connectivity index (χ3v) is 2.37. The minimum atomic E-state index is -4.19. The number of unbranched alkanes of at least 4 members (excludes halogenated alkanes) is 1. The first-order valence-electron chi connectivity index (χ1n) is 5.85. The summed E-state index contributed by atoms with van der Waals surface area (Å²) in [5, 5.41) is 11.1. The second-order valence-corrected chi connectivity index (χ2v) is 4.04. The molecule has 0 atom stereocenters. The fraction of sp³-hybridized carbons (Fsp3) is 0.417. The van der Waals surface area contributed by atoms with Crippen LogP contribution in [0, 0.1) is 0 Å². The second kappa shape index (κ2) is 6.88. The standard InChI is InChI=1S/C12H13F3N2O3/c13-12(14,15)6-1-2-7-16-10(18)8-4-3-5-9(17-8)11(19)20/h3-5H,1-2,6-7H2,(H,16,18)(H,19,20). The van der Waals surface area contributed by atoms with E-state index in [2.05, 4.69) is 10.3 Å². The molecule has 1 amide bonds. The molecule has 2 N–H and O–H groups in total. The van der Waals surface area contributed by atoms with Crippen molar-refractivity contribution in [3.8, 4) is 0 Å². The first kappa shape index (κ1) is 15.9. The van der Waals surface area contributed by atoms with Gasteiger partial charge in [0.15, 0.2) is 0 Å². The molecule has 0 bridgehead atoms. The third kappa shape index (κ3) is 5.68. The number of halogens is 3. The molecule has 0 radical (unpaired) electrons. The number of amides is 1. The Kier molecular flexibility index (Phi) is 5.48. The Morgan fingerprint density at radius 3 is 2.45 bits per heavy atom. The molecular weight excluding hydrogens is 277 g/mol. The van der Waals surface area contributed by atoms with Crippen molar-refractivity contribution in [1.29, 1.82) is 0 Å². The molecule has 0 aromatic carbocycles. The molecule has 1 aromatic heterocycles. The topological polar surface area (TPSA) is 79.3 Å². The number of hydrogen-bond donors (Lipinski definition) is 2. The summed E-state index contributed by atoms with van der Waals surface area (Å²) in [4.78, 5) is 25.9. The molecular formula is C12H13F3N2O3. The molecule has 8 heteroatoms. The average Bonchev–Trinajstić information content (AvgIpc) is 2.37. The van der Waals surface area contributed by atoms with Gasteiger partial charge in [-0.15, -0.1) is 0 Å². The first-order valence-corrected chi connectivity index (χ1v) is 5.85. The number of rotatable bonds is 6. The zero-order chi connectivity index (χ0) is 15.2. The molecule has 20 heavy (non-hydrogen) atoms. The van der Waals surface area contributed by atoms with Crippen LogP contribution < -0.4 is 5.32 Å². The molecule has 0 saturated heterocycles. The van der Waals surface area contributed by atoms with Gasteiger partial charge >= 0.3 is 12.1 Å². The number of carboxylic acids is 1. The van der Waals surface area contributed by atoms with Crippen molar-refractivity contribution >= 4 is 11.9 Å². The van der Waals surface area contributed by atoms with Gasteiger partial charge in [-0.1, -0.05) is 6.07 Å². The minimum Gasteiger partial charge on any atom is -0.477 e. The van der Waals surface area contributed by atoms with Gasteiger partial charge in [0.25, 0.3) is 5.91 Å². The van der Waals surface area contributed by atoms with Crippen molar-refractivity contribution in [2.45, 2.75) is 25.4 Å². The van der Waals surface area contributed by atoms with Gasteiger partial charge in [0, 0.05) is 13.0 Å². The van der Waals surface area contributed by atoms with Gasteiger partial charge in [0.1, 0.15) is 11.4 Å². The van der Waals surface area contributed by atoms with Gasteiger partial charge in [-0.25, -0.2) is 9.78 Å². The summed E-state index contributed by atoms with van der Waals surface area (Å²) in [5.41, 5.74) is -0.351. The number of pyridine rings is 1. The molecule has 0 aliphatic rings. The lowest BCUT2D eigenvalue weighted by Crippen LogP contribution is -2.26. The van der Waals surface area contributed by atoms with Crippen LogP contribution in [0.25, 0.3) is 0 Å². The van der Waals surface area contributed by atoms with Crippen LogP contribution >= 0.6 is 0 Å². The molecule has 110 valence electrons. The molecule has 0 saturated carbocycles. The van der Waals surface area contributed by atoms with E-state index in [9.17, 15) is 22.8 Å². The third-order valence-electron chi connectivity index (χ3n) is 2.37. The van der Waals surface area contributed by atoms with Gasteiger partial charge in [0.05, 0.1) is 0 Å². The number of aromatic carboxylic acids is 1. The fourth-order valence-corrected chi connectivity index (χ4v) is 1.42. The predicted octanol–water partition coefficient (Wildman–Crippen LogP) is 2.24. The normalized spacial score (nSPS) is 11.2. The van der Waals surface area contributed by atoms with Crippen molar-refractivity contribution < 1.29 is 27.9 Å². The summed E-state index contributed by atoms with van der Waals surface area (Å²) in [7, 11) is 0. The molecule has 1 aromatic rings. The number of hydrogen-bond acceptors (Lipinski definition) is 3. The van der Waals surface area contributed by atoms with Crippen LogP contribution in [0.5, 0.6) is 0 Å². The van der Waals surface area contributed by atoms with Crippen LogP contribution in [-0.4, -0.2) is 34.7 Å². The van der Waals surface area contributed by atoms with Crippen LogP contribution in [0.15, 0.2) is 18.2 Å². The maximum Gasteiger partial charge on any atom is 0.389 e. The maximum atomic E-state index is 11.9. The SMILES string of the molecule is O=C(O)c1cccc(C(=O)NCCCCC(F)(F)F)n1. The molecule has 1 rings (SSSR count). The molecule has 5 nitrogen and oxygen atoms in total. The number of aromatic nitrogens is 1. The average molecular weight is 290 g/mol. The Labute approximate surface area is 112 Å². The Morgan fingerprint density at radius 1 is 1.20 bits per heavy atom. The number of nitrogens with one attached hydrogen (secondary N) is 1. The Morgan fingerprint density at radius 2 is 1.85 bits per heavy atom. The van der Waals surface area contributed by atoms with Crippen LogP contribution in [0.3, 0.4) is 0 Å². The van der Waals surface area contributed by atoms with E-state index in [-0.39, 0.29) is 30.8 Å². The van der Waals surface area contributed by atoms with E-state index in [0.717, 1.165) is 0 Å². The number of carbonyl (C=O) groups is 2. The summed E-state index contributed by atoms with van der Waals surface area (Å²) in [6.45, 7) is 0.0773. The molecule has 0 unspecified atom stereocenters. The Hall–Kier alpha value is -2.12. The quantitative estimate of drug-likeness (QED) is 0.787. The van der Waals surface area contributed by atoms with E-state index >= 15 is 0 Å². The minimum absolute atomic E-state index is 0.0770. The zero-order valence-corrected chi connectivity index (χ0v) is 10.4. The summed E-state index contributed by atoms with van der Waals surface area (Å²) >= 11 is 0. The van der Waals surface area contributed by atoms with Crippen molar-refractivity contribution in [3.63, 3.8) is 0 Å². The summed E-state index contributed by atoms with van der Waals surface area (Å²) < 4.78 is 35.6. The van der Waals surface area contributed by atoms with E-state index in [1.54, 1.807) is 0 Å². The van der Waals surface area contributed by atoms with Crippen molar-refractivity contribution in [1.82, 2.24) is 10.3 Å². The molecule has 0 aliphatic heterocycles. The number of nitrogens with zero attached hydrogens (tertiary/aromatic N) is 1. The highest BCUT2D eigenvalue weighted by molar-refractivity contribution is 5.94. The second-order valence-electron chi connectivity index (χ2n) is 4.04. The maximum absolute atomic E-state index is 11.9. The van der Waals surface area contributed by atoms with Gasteiger partial charge < -0.3 is 10.4 Å². The highest BCUT2D eigenvalue weighted by Gasteiger charge is 2.25. The van der Waals surface area contributed by atoms with E-state index in [1.165, 1.54) is 18.2 Å². The highest BCUT2D eigenvalue weighted by atomic mass is 19.4. The lowest BCUT2D eigenvalue weighted by molar-refractivity contribution is -0.135. The molecule has 1 heterocycles. The van der Waals surface area contributed by atoms with E-state index in [0.29, 0.717) is 0 Å². The first-order chi connectivity index (χ1) is 9.29. The lowest BCUT2D eigenvalue weighted by atomic mass is 10.2. The fourth-order valence-electron chi connectivity index (χ4n) is 1.42. The lowest BCUT2D eigenvalue weighted by Gasteiger charge is -2.07. The van der Waals surface area contributed by atoms with Crippen LogP contribution in [0.4, 0.5) is 13.2 Å². The largest absolute Gasteiger partial charge is 0.477 e.